The van der Waals surface area contributed by atoms with Crippen LogP contribution in [0.2, 0.25) is 0 Å². The van der Waals surface area contributed by atoms with E-state index in [9.17, 15) is 0 Å². The number of hydrogen-bond donors (Lipinski definition) is 1. The van der Waals surface area contributed by atoms with Crippen molar-refractivity contribution in [2.45, 2.75) is 65.8 Å². The third-order valence-electron chi connectivity index (χ3n) is 3.39. The SMILES string of the molecule is CCCC1(CNC(C)CC(C)C)CC1. The van der Waals surface area contributed by atoms with E-state index in [0.29, 0.717) is 11.5 Å². The zero-order valence-corrected chi connectivity index (χ0v) is 10.4. The Morgan fingerprint density at radius 2 is 1.86 bits per heavy atom. The lowest BCUT2D eigenvalue weighted by Crippen LogP contribution is -2.33. The van der Waals surface area contributed by atoms with Gasteiger partial charge in [0.05, 0.1) is 0 Å². The van der Waals surface area contributed by atoms with Gasteiger partial charge in [0.1, 0.15) is 0 Å². The van der Waals surface area contributed by atoms with Crippen LogP contribution in [0.5, 0.6) is 0 Å². The van der Waals surface area contributed by atoms with E-state index in [1.54, 1.807) is 0 Å². The third-order valence-corrected chi connectivity index (χ3v) is 3.39. The molecule has 84 valence electrons. The monoisotopic (exact) mass is 197 g/mol. The lowest BCUT2D eigenvalue weighted by atomic mass is 9.99. The maximum atomic E-state index is 3.70. The quantitative estimate of drug-likeness (QED) is 0.657. The van der Waals surface area contributed by atoms with Crippen LogP contribution in [0.3, 0.4) is 0 Å². The van der Waals surface area contributed by atoms with Crippen LogP contribution >= 0.6 is 0 Å². The Morgan fingerprint density at radius 3 is 2.29 bits per heavy atom. The van der Waals surface area contributed by atoms with Gasteiger partial charge in [0.25, 0.3) is 0 Å². The number of rotatable bonds is 7. The van der Waals surface area contributed by atoms with E-state index in [0.717, 1.165) is 5.92 Å². The lowest BCUT2D eigenvalue weighted by molar-refractivity contribution is 0.366. The standard InChI is InChI=1S/C13H27N/c1-5-6-13(7-8-13)10-14-12(4)9-11(2)3/h11-12,14H,5-10H2,1-4H3. The van der Waals surface area contributed by atoms with E-state index in [4.69, 9.17) is 0 Å². The molecule has 1 fully saturated rings. The molecule has 0 aromatic carbocycles. The molecule has 1 aliphatic carbocycles. The highest BCUT2D eigenvalue weighted by molar-refractivity contribution is 4.94. The second-order valence-electron chi connectivity index (χ2n) is 5.66. The molecule has 0 bridgehead atoms. The van der Waals surface area contributed by atoms with Gasteiger partial charge in [-0.2, -0.15) is 0 Å². The first kappa shape index (κ1) is 12.0. The van der Waals surface area contributed by atoms with Crippen LogP contribution in [0.15, 0.2) is 0 Å². The smallest absolute Gasteiger partial charge is 0.00413 e. The second-order valence-corrected chi connectivity index (χ2v) is 5.66. The molecule has 1 saturated carbocycles. The van der Waals surface area contributed by atoms with Gasteiger partial charge in [-0.25, -0.2) is 0 Å². The van der Waals surface area contributed by atoms with Crippen molar-refractivity contribution in [2.24, 2.45) is 11.3 Å². The first-order valence-electron chi connectivity index (χ1n) is 6.31. The highest BCUT2D eigenvalue weighted by atomic mass is 14.9. The van der Waals surface area contributed by atoms with Crippen molar-refractivity contribution in [3.05, 3.63) is 0 Å². The van der Waals surface area contributed by atoms with Gasteiger partial charge < -0.3 is 5.32 Å². The Kier molecular flexibility index (Phi) is 4.43. The number of hydrogen-bond acceptors (Lipinski definition) is 1. The summed E-state index contributed by atoms with van der Waals surface area (Å²) in [5.41, 5.74) is 0.708. The van der Waals surface area contributed by atoms with Gasteiger partial charge in [0.15, 0.2) is 0 Å². The fraction of sp³-hybridized carbons (Fsp3) is 1.00. The molecule has 1 nitrogen and oxygen atoms in total. The summed E-state index contributed by atoms with van der Waals surface area (Å²) in [5.74, 6) is 0.818. The molecule has 0 aromatic rings. The van der Waals surface area contributed by atoms with Gasteiger partial charge >= 0.3 is 0 Å². The third kappa shape index (κ3) is 4.00. The van der Waals surface area contributed by atoms with Gasteiger partial charge in [-0.1, -0.05) is 27.2 Å². The van der Waals surface area contributed by atoms with Crippen LogP contribution < -0.4 is 5.32 Å². The predicted octanol–water partition coefficient (Wildman–Crippen LogP) is 3.59. The average molecular weight is 197 g/mol. The summed E-state index contributed by atoms with van der Waals surface area (Å²) in [6.07, 6.45) is 7.00. The Balaban J connectivity index is 2.13. The minimum atomic E-state index is 0.698. The van der Waals surface area contributed by atoms with Gasteiger partial charge in [-0.05, 0) is 43.9 Å². The fourth-order valence-electron chi connectivity index (χ4n) is 2.40. The minimum absolute atomic E-state index is 0.698. The summed E-state index contributed by atoms with van der Waals surface area (Å²) < 4.78 is 0. The summed E-state index contributed by atoms with van der Waals surface area (Å²) in [6.45, 7) is 10.5. The van der Waals surface area contributed by atoms with Gasteiger partial charge in [-0.3, -0.25) is 0 Å². The van der Waals surface area contributed by atoms with Crippen molar-refractivity contribution in [1.29, 1.82) is 0 Å². The highest BCUT2D eigenvalue weighted by Gasteiger charge is 2.40. The van der Waals surface area contributed by atoms with Crippen LogP contribution in [0.25, 0.3) is 0 Å². The Labute approximate surface area is 89.7 Å². The zero-order chi connectivity index (χ0) is 10.6. The molecule has 0 amide bonds. The Morgan fingerprint density at radius 1 is 1.21 bits per heavy atom. The molecule has 1 heteroatoms. The molecule has 1 aliphatic rings. The van der Waals surface area contributed by atoms with Gasteiger partial charge in [0.2, 0.25) is 0 Å². The molecule has 0 spiro atoms. The molecule has 0 heterocycles. The predicted molar refractivity (Wildman–Crippen MR) is 63.5 cm³/mol. The summed E-state index contributed by atoms with van der Waals surface area (Å²) >= 11 is 0. The van der Waals surface area contributed by atoms with Crippen LogP contribution in [0.4, 0.5) is 0 Å². The van der Waals surface area contributed by atoms with Crippen LogP contribution in [-0.4, -0.2) is 12.6 Å². The van der Waals surface area contributed by atoms with Crippen LogP contribution in [0.1, 0.15) is 59.8 Å². The topological polar surface area (TPSA) is 12.0 Å². The van der Waals surface area contributed by atoms with Crippen molar-refractivity contribution in [2.75, 3.05) is 6.54 Å². The molecule has 1 rings (SSSR count). The molecule has 0 saturated heterocycles. The molecule has 14 heavy (non-hydrogen) atoms. The molecular weight excluding hydrogens is 170 g/mol. The van der Waals surface area contributed by atoms with Gasteiger partial charge in [-0.15, -0.1) is 0 Å². The van der Waals surface area contributed by atoms with E-state index in [2.05, 4.69) is 33.0 Å². The summed E-state index contributed by atoms with van der Waals surface area (Å²) in [7, 11) is 0. The molecule has 0 radical (unpaired) electrons. The highest BCUT2D eigenvalue weighted by Crippen LogP contribution is 2.49. The first-order chi connectivity index (χ1) is 6.58. The van der Waals surface area contributed by atoms with E-state index in [1.165, 1.54) is 38.6 Å². The van der Waals surface area contributed by atoms with Crippen molar-refractivity contribution in [1.82, 2.24) is 5.32 Å². The normalized spacial score (nSPS) is 21.2. The second kappa shape index (κ2) is 5.16. The molecule has 1 atom stereocenters. The van der Waals surface area contributed by atoms with E-state index < -0.39 is 0 Å². The van der Waals surface area contributed by atoms with E-state index >= 15 is 0 Å². The number of nitrogens with one attached hydrogen (secondary N) is 1. The minimum Gasteiger partial charge on any atom is -0.314 e. The largest absolute Gasteiger partial charge is 0.314 e. The maximum Gasteiger partial charge on any atom is 0.00413 e. The molecule has 1 unspecified atom stereocenters. The summed E-state index contributed by atoms with van der Waals surface area (Å²) in [5, 5.41) is 3.70. The van der Waals surface area contributed by atoms with Gasteiger partial charge in [0, 0.05) is 12.6 Å². The van der Waals surface area contributed by atoms with Crippen LogP contribution in [0, 0.1) is 11.3 Å². The maximum absolute atomic E-state index is 3.70. The van der Waals surface area contributed by atoms with Crippen molar-refractivity contribution >= 4 is 0 Å². The van der Waals surface area contributed by atoms with Crippen molar-refractivity contribution < 1.29 is 0 Å². The molecule has 1 N–H and O–H groups in total. The van der Waals surface area contributed by atoms with E-state index in [-0.39, 0.29) is 0 Å². The lowest BCUT2D eigenvalue weighted by Gasteiger charge is -2.20. The average Bonchev–Trinajstić information content (AvgIpc) is 2.82. The fourth-order valence-corrected chi connectivity index (χ4v) is 2.40. The molecule has 0 aromatic heterocycles. The first-order valence-corrected chi connectivity index (χ1v) is 6.31. The van der Waals surface area contributed by atoms with Crippen molar-refractivity contribution in [3.8, 4) is 0 Å². The molecular formula is C13H27N. The van der Waals surface area contributed by atoms with E-state index in [1.807, 2.05) is 0 Å². The van der Waals surface area contributed by atoms with Crippen LogP contribution in [-0.2, 0) is 0 Å². The Bertz CT molecular complexity index is 159. The summed E-state index contributed by atoms with van der Waals surface area (Å²) in [6, 6.07) is 0.698. The van der Waals surface area contributed by atoms with Crippen molar-refractivity contribution in [3.63, 3.8) is 0 Å². The Hall–Kier alpha value is -0.0400. The zero-order valence-electron chi connectivity index (χ0n) is 10.4. The summed E-state index contributed by atoms with van der Waals surface area (Å²) in [4.78, 5) is 0. The molecule has 0 aliphatic heterocycles.